The van der Waals surface area contributed by atoms with Crippen LogP contribution in [0.25, 0.3) is 0 Å². The molecular weight excluding hydrogens is 274 g/mol. The lowest BCUT2D eigenvalue weighted by Crippen LogP contribution is -2.06. The van der Waals surface area contributed by atoms with Crippen LogP contribution >= 0.6 is 0 Å². The molecule has 0 aromatic heterocycles. The van der Waals surface area contributed by atoms with Gasteiger partial charge in [-0.25, -0.2) is 8.42 Å². The molecule has 114 valence electrons. The van der Waals surface area contributed by atoms with Crippen LogP contribution in [0.4, 0.5) is 5.69 Å². The minimum Gasteiger partial charge on any atom is -0.493 e. The standard InChI is InChI=1S/C15H25NO3S/c1-3-4-5-6-7-10-19-15-9-8-14(16)11-13(15)12-20(2,17)18/h8-9,11H,3-7,10,12,16H2,1-2H3. The number of rotatable bonds is 9. The van der Waals surface area contributed by atoms with Gasteiger partial charge >= 0.3 is 0 Å². The fraction of sp³-hybridized carbons (Fsp3) is 0.600. The fourth-order valence-electron chi connectivity index (χ4n) is 2.02. The zero-order valence-corrected chi connectivity index (χ0v) is 13.2. The molecule has 0 saturated carbocycles. The number of hydrogen-bond acceptors (Lipinski definition) is 4. The third-order valence-corrected chi connectivity index (χ3v) is 3.84. The molecule has 1 aromatic carbocycles. The van der Waals surface area contributed by atoms with Crippen molar-refractivity contribution < 1.29 is 13.2 Å². The Kier molecular flexibility index (Phi) is 6.85. The van der Waals surface area contributed by atoms with E-state index >= 15 is 0 Å². The van der Waals surface area contributed by atoms with Crippen LogP contribution in [0.5, 0.6) is 5.75 Å². The first-order chi connectivity index (χ1) is 9.42. The molecule has 0 spiro atoms. The lowest BCUT2D eigenvalue weighted by molar-refractivity contribution is 0.302. The molecule has 0 unspecified atom stereocenters. The second-order valence-electron chi connectivity index (χ2n) is 5.20. The molecule has 0 radical (unpaired) electrons. The summed E-state index contributed by atoms with van der Waals surface area (Å²) >= 11 is 0. The predicted octanol–water partition coefficient (Wildman–Crippen LogP) is 3.16. The number of nitrogens with two attached hydrogens (primary N) is 1. The molecule has 1 aromatic rings. The Bertz CT molecular complexity index is 512. The van der Waals surface area contributed by atoms with Gasteiger partial charge in [-0.3, -0.25) is 0 Å². The van der Waals surface area contributed by atoms with Crippen LogP contribution in [0.15, 0.2) is 18.2 Å². The first-order valence-corrected chi connectivity index (χ1v) is 9.17. The summed E-state index contributed by atoms with van der Waals surface area (Å²) in [4.78, 5) is 0. The SMILES string of the molecule is CCCCCCCOc1ccc(N)cc1CS(C)(=O)=O. The summed E-state index contributed by atoms with van der Waals surface area (Å²) in [6.07, 6.45) is 7.04. The molecule has 0 fully saturated rings. The quantitative estimate of drug-likeness (QED) is 0.561. The molecule has 2 N–H and O–H groups in total. The van der Waals surface area contributed by atoms with Crippen LogP contribution in [0.1, 0.15) is 44.6 Å². The molecule has 0 aliphatic heterocycles. The average Bonchev–Trinajstić information content (AvgIpc) is 2.34. The Morgan fingerprint density at radius 1 is 1.15 bits per heavy atom. The smallest absolute Gasteiger partial charge is 0.151 e. The van der Waals surface area contributed by atoms with Crippen molar-refractivity contribution in [2.45, 2.75) is 44.8 Å². The van der Waals surface area contributed by atoms with Crippen molar-refractivity contribution in [1.82, 2.24) is 0 Å². The highest BCUT2D eigenvalue weighted by Gasteiger charge is 2.11. The van der Waals surface area contributed by atoms with E-state index < -0.39 is 9.84 Å². The largest absolute Gasteiger partial charge is 0.493 e. The van der Waals surface area contributed by atoms with Crippen molar-refractivity contribution in [2.75, 3.05) is 18.6 Å². The van der Waals surface area contributed by atoms with Gasteiger partial charge in [0.2, 0.25) is 0 Å². The molecule has 4 nitrogen and oxygen atoms in total. The summed E-state index contributed by atoms with van der Waals surface area (Å²) in [5, 5.41) is 0. The molecule has 5 heteroatoms. The van der Waals surface area contributed by atoms with Gasteiger partial charge in [-0.15, -0.1) is 0 Å². The molecule has 0 aliphatic rings. The van der Waals surface area contributed by atoms with Crippen molar-refractivity contribution >= 4 is 15.5 Å². The number of benzene rings is 1. The summed E-state index contributed by atoms with van der Waals surface area (Å²) in [6, 6.07) is 5.16. The highest BCUT2D eigenvalue weighted by molar-refractivity contribution is 7.89. The third kappa shape index (κ3) is 6.80. The summed E-state index contributed by atoms with van der Waals surface area (Å²) < 4.78 is 28.5. The maximum absolute atomic E-state index is 11.4. The summed E-state index contributed by atoms with van der Waals surface area (Å²) in [7, 11) is -3.09. The van der Waals surface area contributed by atoms with Crippen LogP contribution in [0.3, 0.4) is 0 Å². The fourth-order valence-corrected chi connectivity index (χ4v) is 2.81. The van der Waals surface area contributed by atoms with Gasteiger partial charge < -0.3 is 10.5 Å². The van der Waals surface area contributed by atoms with Gasteiger partial charge in [0.1, 0.15) is 5.75 Å². The molecule has 0 saturated heterocycles. The topological polar surface area (TPSA) is 69.4 Å². The number of nitrogen functional groups attached to an aromatic ring is 1. The third-order valence-electron chi connectivity index (χ3n) is 3.01. The summed E-state index contributed by atoms with van der Waals surface area (Å²) in [6.45, 7) is 2.80. The second-order valence-corrected chi connectivity index (χ2v) is 7.34. The van der Waals surface area contributed by atoms with Crippen molar-refractivity contribution in [1.29, 1.82) is 0 Å². The van der Waals surface area contributed by atoms with Gasteiger partial charge in [-0.05, 0) is 24.6 Å². The Morgan fingerprint density at radius 3 is 2.50 bits per heavy atom. The first-order valence-electron chi connectivity index (χ1n) is 7.11. The molecule has 1 rings (SSSR count). The van der Waals surface area contributed by atoms with Crippen molar-refractivity contribution in [3.63, 3.8) is 0 Å². The molecule has 20 heavy (non-hydrogen) atoms. The number of anilines is 1. The van der Waals surface area contributed by atoms with E-state index in [1.807, 2.05) is 0 Å². The van der Waals surface area contributed by atoms with Gasteiger partial charge in [0, 0.05) is 17.5 Å². The van der Waals surface area contributed by atoms with Crippen LogP contribution in [-0.2, 0) is 15.6 Å². The number of unbranched alkanes of at least 4 members (excludes halogenated alkanes) is 4. The maximum Gasteiger partial charge on any atom is 0.151 e. The van der Waals surface area contributed by atoms with E-state index in [1.54, 1.807) is 18.2 Å². The number of ether oxygens (including phenoxy) is 1. The van der Waals surface area contributed by atoms with Crippen molar-refractivity contribution in [3.8, 4) is 5.75 Å². The van der Waals surface area contributed by atoms with E-state index in [-0.39, 0.29) is 5.75 Å². The Labute approximate surface area is 122 Å². The molecule has 0 amide bonds. The second kappa shape index (κ2) is 8.15. The van der Waals surface area contributed by atoms with Crippen LogP contribution in [0.2, 0.25) is 0 Å². The van der Waals surface area contributed by atoms with E-state index in [4.69, 9.17) is 10.5 Å². The minimum atomic E-state index is -3.09. The van der Waals surface area contributed by atoms with Gasteiger partial charge in [0.25, 0.3) is 0 Å². The highest BCUT2D eigenvalue weighted by atomic mass is 32.2. The maximum atomic E-state index is 11.4. The minimum absolute atomic E-state index is 0.0385. The van der Waals surface area contributed by atoms with Crippen LogP contribution in [0, 0.1) is 0 Å². The molecule has 0 bridgehead atoms. The number of hydrogen-bond donors (Lipinski definition) is 1. The van der Waals surface area contributed by atoms with Crippen LogP contribution in [-0.4, -0.2) is 21.3 Å². The summed E-state index contributed by atoms with van der Waals surface area (Å²) in [5.41, 5.74) is 6.90. The molecule has 0 heterocycles. The normalized spacial score (nSPS) is 11.5. The Balaban J connectivity index is 2.56. The van der Waals surface area contributed by atoms with E-state index in [9.17, 15) is 8.42 Å². The molecule has 0 atom stereocenters. The zero-order valence-electron chi connectivity index (χ0n) is 12.4. The molecular formula is C15H25NO3S. The van der Waals surface area contributed by atoms with Gasteiger partial charge in [0.05, 0.1) is 12.4 Å². The lowest BCUT2D eigenvalue weighted by Gasteiger charge is -2.11. The zero-order chi connectivity index (χ0) is 15.0. The van der Waals surface area contributed by atoms with E-state index in [1.165, 1.54) is 25.5 Å². The highest BCUT2D eigenvalue weighted by Crippen LogP contribution is 2.23. The van der Waals surface area contributed by atoms with Gasteiger partial charge in [-0.1, -0.05) is 32.6 Å². The average molecular weight is 299 g/mol. The first kappa shape index (κ1) is 16.8. The van der Waals surface area contributed by atoms with E-state index in [2.05, 4.69) is 6.92 Å². The van der Waals surface area contributed by atoms with E-state index in [0.29, 0.717) is 23.6 Å². The van der Waals surface area contributed by atoms with Gasteiger partial charge in [-0.2, -0.15) is 0 Å². The lowest BCUT2D eigenvalue weighted by atomic mass is 10.1. The predicted molar refractivity (Wildman–Crippen MR) is 83.7 cm³/mol. The van der Waals surface area contributed by atoms with E-state index in [0.717, 1.165) is 12.8 Å². The van der Waals surface area contributed by atoms with Crippen LogP contribution < -0.4 is 10.5 Å². The molecule has 0 aliphatic carbocycles. The van der Waals surface area contributed by atoms with Gasteiger partial charge in [0.15, 0.2) is 9.84 Å². The Hall–Kier alpha value is -1.23. The summed E-state index contributed by atoms with van der Waals surface area (Å²) in [5.74, 6) is 0.587. The number of sulfone groups is 1. The van der Waals surface area contributed by atoms with Crippen molar-refractivity contribution in [2.24, 2.45) is 0 Å². The van der Waals surface area contributed by atoms with Crippen molar-refractivity contribution in [3.05, 3.63) is 23.8 Å². The monoisotopic (exact) mass is 299 g/mol. The Morgan fingerprint density at radius 2 is 1.85 bits per heavy atom.